The Morgan fingerprint density at radius 2 is 1.00 bits per heavy atom. The zero-order chi connectivity index (χ0) is 65.8. The van der Waals surface area contributed by atoms with Crippen molar-refractivity contribution in [3.05, 3.63) is 149 Å². The van der Waals surface area contributed by atoms with Gasteiger partial charge in [-0.15, -0.1) is 12.4 Å². The molecule has 21 nitrogen and oxygen atoms in total. The zero-order valence-corrected chi connectivity index (χ0v) is 60.3. The summed E-state index contributed by atoms with van der Waals surface area (Å²) in [4.78, 5) is 72.1. The number of fused-ring (bicyclic) bond motifs is 6. The Bertz CT molecular complexity index is 3590. The zero-order valence-electron chi connectivity index (χ0n) is 56.7. The predicted molar refractivity (Wildman–Crippen MR) is 361 cm³/mol. The number of carbonyl (C=O) groups excluding carboxylic acids is 2. The molecule has 4 saturated heterocycles. The number of aromatic nitrogens is 10. The number of rotatable bonds is 3. The van der Waals surface area contributed by atoms with E-state index in [2.05, 4.69) is 135 Å². The number of anilines is 3. The Labute approximate surface area is 589 Å². The molecular weight excluding hydrogens is 1240 g/mol. The average Bonchev–Trinajstić information content (AvgIpc) is 1.14. The van der Waals surface area contributed by atoms with Crippen LogP contribution in [-0.2, 0) is 33.3 Å². The number of halogens is 2. The third-order valence-electron chi connectivity index (χ3n) is 21.6. The molecule has 6 aromatic heterocycles. The second-order valence-corrected chi connectivity index (χ2v) is 29.7. The molecule has 9 atom stereocenters. The molecule has 14 rings (SSSR count). The van der Waals surface area contributed by atoms with Crippen molar-refractivity contribution in [2.45, 2.75) is 152 Å². The first-order chi connectivity index (χ1) is 43.2. The van der Waals surface area contributed by atoms with E-state index in [0.29, 0.717) is 34.7 Å². The van der Waals surface area contributed by atoms with Crippen LogP contribution in [0, 0.1) is 69.3 Å². The van der Waals surface area contributed by atoms with E-state index in [1.165, 1.54) is 23.7 Å². The fraction of sp³-hybridized carbons (Fsp3) is 0.600. The van der Waals surface area contributed by atoms with E-state index in [-0.39, 0.29) is 99.6 Å². The summed E-state index contributed by atoms with van der Waals surface area (Å²) in [6.45, 7) is 48.7. The number of carbonyl (C=O) groups is 2. The number of ketones is 2. The smallest absolute Gasteiger partial charge is 0.857 e. The second-order valence-electron chi connectivity index (χ2n) is 29.3. The average molecular weight is 1330 g/mol. The number of hydrogen-bond donors (Lipinski definition) is 1. The topological polar surface area (TPSA) is 243 Å². The number of allylic oxidation sites excluding steroid dienone is 1. The molecule has 94 heavy (non-hydrogen) atoms. The minimum absolute atomic E-state index is 0. The van der Waals surface area contributed by atoms with Gasteiger partial charge in [0, 0.05) is 135 Å². The Hall–Kier alpha value is -6.30. The van der Waals surface area contributed by atoms with Crippen molar-refractivity contribution in [2.75, 3.05) is 74.2 Å². The van der Waals surface area contributed by atoms with Crippen LogP contribution in [0.15, 0.2) is 108 Å². The van der Waals surface area contributed by atoms with Gasteiger partial charge in [-0.25, -0.2) is 31.4 Å². The molecule has 4 aliphatic carbocycles. The number of hydrogen-bond acceptors (Lipinski definition) is 19. The molecule has 0 radical (unpaired) electrons. The molecule has 24 heteroatoms. The van der Waals surface area contributed by atoms with Crippen LogP contribution in [0.1, 0.15) is 145 Å². The Morgan fingerprint density at radius 3 is 1.44 bits per heavy atom. The van der Waals surface area contributed by atoms with Gasteiger partial charge in [0.05, 0.1) is 43.8 Å². The third kappa shape index (κ3) is 15.4. The summed E-state index contributed by atoms with van der Waals surface area (Å²) in [7, 11) is 0.750. The number of nitrogens with one attached hydrogen (secondary N) is 1. The first-order valence-corrected chi connectivity index (χ1v) is 32.1. The molecule has 500 valence electrons. The molecule has 0 spiro atoms. The Balaban J connectivity index is 0.000000189. The maximum atomic E-state index is 12.6. The number of piperidine rings is 4. The van der Waals surface area contributed by atoms with Crippen LogP contribution in [-0.4, -0.2) is 127 Å². The largest absolute Gasteiger partial charge is 1.00 e. The van der Waals surface area contributed by atoms with Crippen molar-refractivity contribution in [1.29, 1.82) is 0 Å². The van der Waals surface area contributed by atoms with Crippen molar-refractivity contribution in [1.82, 2.24) is 55.5 Å². The van der Waals surface area contributed by atoms with E-state index in [4.69, 9.17) is 38.9 Å². The van der Waals surface area contributed by atoms with Crippen LogP contribution in [0.25, 0.3) is 9.69 Å². The molecule has 1 N–H and O–H groups in total. The van der Waals surface area contributed by atoms with Crippen LogP contribution >= 0.6 is 24.0 Å². The summed E-state index contributed by atoms with van der Waals surface area (Å²) in [6.07, 6.45) is 33.0. The van der Waals surface area contributed by atoms with Crippen LogP contribution in [0.5, 0.6) is 0 Å². The van der Waals surface area contributed by atoms with Crippen molar-refractivity contribution in [3.8, 4) is 0 Å². The summed E-state index contributed by atoms with van der Waals surface area (Å²) in [5.74, 6) is 6.89. The molecular formula is C70H95Cl2N16NaO5. The number of Topliss-reactive ketones (excluding diaryl/α,β-unsaturated/α-hetero) is 2. The van der Waals surface area contributed by atoms with E-state index in [1.54, 1.807) is 62.0 Å². The quantitative estimate of drug-likeness (QED) is 0.129. The fourth-order valence-corrected chi connectivity index (χ4v) is 18.0. The van der Waals surface area contributed by atoms with Gasteiger partial charge >= 0.3 is 29.6 Å². The maximum absolute atomic E-state index is 12.6. The summed E-state index contributed by atoms with van der Waals surface area (Å²) < 4.78 is 11.1. The summed E-state index contributed by atoms with van der Waals surface area (Å²) >= 11 is 5.37. The molecule has 8 aliphatic rings. The molecule has 5 fully saturated rings. The van der Waals surface area contributed by atoms with E-state index < -0.39 is 16.9 Å². The predicted octanol–water partition coefficient (Wildman–Crippen LogP) is 8.44. The van der Waals surface area contributed by atoms with Crippen molar-refractivity contribution >= 4 is 53.0 Å². The third-order valence-corrected chi connectivity index (χ3v) is 21.8. The minimum atomic E-state index is -0.502. The van der Waals surface area contributed by atoms with Gasteiger partial charge in [0.1, 0.15) is 34.1 Å². The van der Waals surface area contributed by atoms with Gasteiger partial charge in [-0.1, -0.05) is 119 Å². The molecule has 4 unspecified atom stereocenters. The van der Waals surface area contributed by atoms with Gasteiger partial charge in [-0.3, -0.25) is 24.7 Å². The monoisotopic (exact) mass is 1330 g/mol. The molecule has 0 bridgehead atoms. The van der Waals surface area contributed by atoms with Gasteiger partial charge in [0.25, 0.3) is 6.04 Å². The minimum Gasteiger partial charge on any atom is -0.857 e. The van der Waals surface area contributed by atoms with Crippen LogP contribution in [0.2, 0.25) is 5.15 Å². The van der Waals surface area contributed by atoms with Crippen LogP contribution in [0.3, 0.4) is 0 Å². The molecule has 4 aliphatic heterocycles. The first-order valence-electron chi connectivity index (χ1n) is 31.7. The standard InChI is InChI=1S/2C17H22N4O.C17H20N4O.C13H20N2O.C4H3ClN2.CH3O.CH4.ClH.Na/c1-16(2)13-4-7-21(14-10-18-5-6-19-14)11-17(13,3)8-12-9-20-22-15(12)16;2*1-16(2)13-5-8-21(14-10-19-6-7-20-14)11-17(13,3)9-12(18-4)15(16)22;1-12(2)10-4-5-14-8-13(10,3)6-9-7-15-16-11(9)12;5-4-3-6-1-2-7-4;1-2;;;/h5-6,9-10,13H,4,7-8,11H2,1-3H3;6-7,10,12-13H,5,8-9,11H2,1-3H3;6-7,9-10,13H,5,8,11H2,1-3H3;7,10,14H,4-6,8H2,1-3H3;1-3H;1H3;1H4;1H;/q;;;;;-1;;;+1/t13?,17-;12?,13?,17-;13-,17+;10?,13-;;;;;/m0010...../s1. The molecule has 1 saturated carbocycles. The summed E-state index contributed by atoms with van der Waals surface area (Å²) in [5, 5.41) is 20.3. The number of nitrogens with zero attached hydrogens (tertiary/aromatic N) is 15. The molecule has 10 heterocycles. The van der Waals surface area contributed by atoms with E-state index in [1.807, 2.05) is 52.4 Å². The van der Waals surface area contributed by atoms with Crippen LogP contribution in [0.4, 0.5) is 17.5 Å². The fourth-order valence-electron chi connectivity index (χ4n) is 17.9. The van der Waals surface area contributed by atoms with Crippen molar-refractivity contribution in [2.24, 2.45) is 56.2 Å². The summed E-state index contributed by atoms with van der Waals surface area (Å²) in [5.41, 5.74) is 2.44. The summed E-state index contributed by atoms with van der Waals surface area (Å²) in [6, 6.07) is -0.502. The van der Waals surface area contributed by atoms with Gasteiger partial charge < -0.3 is 43.8 Å². The van der Waals surface area contributed by atoms with Crippen molar-refractivity contribution < 1.29 is 53.3 Å². The first kappa shape index (κ1) is 76.7. The SMILES string of the molecule is C.CC1(C)c2oncc2C[C@@]2(C)CN(c3cnccn3)CCC12.CC1(C)c2oncc2C[C@@]2(C)CNCCC12.C[O-].Cl.Clc1cnccn1.[C-]#[N+]C1=C[C@@]2(C)CN(c3cnccn3)CC[C@@H]2C(C)(C)C1=O.[C-]#[N+]C1C[C@@]2(C)CN(c3cnccn3)CCC2C(C)(C)C1=O.[Na+]. The van der Waals surface area contributed by atoms with Crippen molar-refractivity contribution in [3.63, 3.8) is 0 Å². The Morgan fingerprint density at radius 1 is 0.564 bits per heavy atom. The Kier molecular flexibility index (Phi) is 25.2. The molecule has 0 aromatic carbocycles. The van der Waals surface area contributed by atoms with Gasteiger partial charge in [-0.2, -0.15) is 7.11 Å². The van der Waals surface area contributed by atoms with Gasteiger partial charge in [0.2, 0.25) is 11.5 Å². The van der Waals surface area contributed by atoms with Gasteiger partial charge in [-0.05, 0) is 90.4 Å². The maximum Gasteiger partial charge on any atom is 1.00 e. The van der Waals surface area contributed by atoms with Gasteiger partial charge in [0.15, 0.2) is 5.78 Å². The van der Waals surface area contributed by atoms with E-state index in [9.17, 15) is 9.59 Å². The van der Waals surface area contributed by atoms with E-state index >= 15 is 0 Å². The molecule has 0 amide bonds. The normalized spacial score (nSPS) is 28.9. The molecule has 6 aromatic rings. The van der Waals surface area contributed by atoms with Crippen LogP contribution < -0.4 is 54.7 Å². The second kappa shape index (κ2) is 30.8. The van der Waals surface area contributed by atoms with E-state index in [0.717, 1.165) is 121 Å².